The molecule has 1 aliphatic rings. The third-order valence-electron chi connectivity index (χ3n) is 4.59. The highest BCUT2D eigenvalue weighted by molar-refractivity contribution is 7.92. The maximum atomic E-state index is 12.5. The molecule has 3 N–H and O–H groups in total. The quantitative estimate of drug-likeness (QED) is 0.657. The summed E-state index contributed by atoms with van der Waals surface area (Å²) in [6.07, 6.45) is 4.07. The van der Waals surface area contributed by atoms with E-state index in [1.165, 1.54) is 26.0 Å². The van der Waals surface area contributed by atoms with E-state index in [0.717, 1.165) is 30.6 Å². The van der Waals surface area contributed by atoms with Gasteiger partial charge in [-0.1, -0.05) is 11.6 Å². The van der Waals surface area contributed by atoms with Crippen LogP contribution in [0.3, 0.4) is 0 Å². The van der Waals surface area contributed by atoms with Crippen molar-refractivity contribution in [2.45, 2.75) is 49.3 Å². The van der Waals surface area contributed by atoms with Gasteiger partial charge in [-0.2, -0.15) is 0 Å². The normalized spacial score (nSPS) is 16.8. The third-order valence-corrected chi connectivity index (χ3v) is 7.24. The average Bonchev–Trinajstić information content (AvgIpc) is 3.07. The number of phenolic OH excluding ortho intramolecular Hbond substituents is 1. The van der Waals surface area contributed by atoms with Crippen molar-refractivity contribution in [2.75, 3.05) is 5.32 Å². The van der Waals surface area contributed by atoms with Crippen LogP contribution in [0.15, 0.2) is 33.8 Å². The summed E-state index contributed by atoms with van der Waals surface area (Å²) in [4.78, 5) is 12.0. The Balaban J connectivity index is 1.82. The molecule has 1 atom stereocenters. The van der Waals surface area contributed by atoms with Gasteiger partial charge in [0.05, 0.1) is 28.3 Å². The molecule has 0 saturated carbocycles. The standard InChI is InChI=1S/C18H21ClN2O5S/c1-10(2)27(24,25)17-12(19)6-7-14(16(17)22)21-18(23)20-13-4-3-5-15-11(13)8-9-26-15/h6-10,13,22H,3-5H2,1-2H3,(H2,20,21,23)/t13-/m0/s1. The van der Waals surface area contributed by atoms with Crippen LogP contribution >= 0.6 is 11.6 Å². The molecule has 0 bridgehead atoms. The number of urea groups is 1. The molecule has 2 aromatic rings. The zero-order valence-corrected chi connectivity index (χ0v) is 16.5. The molecule has 0 fully saturated rings. The number of rotatable bonds is 4. The Morgan fingerprint density at radius 1 is 1.33 bits per heavy atom. The Labute approximate surface area is 162 Å². The Hall–Kier alpha value is -2.19. The van der Waals surface area contributed by atoms with Gasteiger partial charge in [-0.05, 0) is 44.9 Å². The van der Waals surface area contributed by atoms with E-state index in [-0.39, 0.29) is 21.6 Å². The largest absolute Gasteiger partial charge is 0.504 e. The molecule has 27 heavy (non-hydrogen) atoms. The molecule has 0 spiro atoms. The number of aromatic hydroxyl groups is 1. The maximum absolute atomic E-state index is 12.5. The molecule has 0 aliphatic heterocycles. The van der Waals surface area contributed by atoms with Crippen molar-refractivity contribution in [1.82, 2.24) is 5.32 Å². The molecule has 2 amide bonds. The summed E-state index contributed by atoms with van der Waals surface area (Å²) >= 11 is 5.99. The summed E-state index contributed by atoms with van der Waals surface area (Å²) in [6, 6.07) is 3.76. The number of furan rings is 1. The minimum Gasteiger partial charge on any atom is -0.504 e. The zero-order chi connectivity index (χ0) is 19.8. The summed E-state index contributed by atoms with van der Waals surface area (Å²) in [5.74, 6) is 0.283. The summed E-state index contributed by atoms with van der Waals surface area (Å²) < 4.78 is 30.3. The van der Waals surface area contributed by atoms with Gasteiger partial charge in [0.2, 0.25) is 0 Å². The van der Waals surface area contributed by atoms with E-state index < -0.39 is 26.9 Å². The van der Waals surface area contributed by atoms with Gasteiger partial charge in [-0.25, -0.2) is 13.2 Å². The van der Waals surface area contributed by atoms with Gasteiger partial charge in [0, 0.05) is 12.0 Å². The zero-order valence-electron chi connectivity index (χ0n) is 15.0. The first kappa shape index (κ1) is 19.6. The van der Waals surface area contributed by atoms with Crippen LogP contribution in [0.1, 0.15) is 44.1 Å². The summed E-state index contributed by atoms with van der Waals surface area (Å²) in [6.45, 7) is 2.98. The topological polar surface area (TPSA) is 109 Å². The molecule has 0 saturated heterocycles. The second kappa shape index (κ2) is 7.44. The fourth-order valence-electron chi connectivity index (χ4n) is 3.11. The van der Waals surface area contributed by atoms with Gasteiger partial charge in [0.15, 0.2) is 15.6 Å². The van der Waals surface area contributed by atoms with Gasteiger partial charge < -0.3 is 20.2 Å². The van der Waals surface area contributed by atoms with E-state index in [9.17, 15) is 18.3 Å². The first-order valence-electron chi connectivity index (χ1n) is 8.61. The molecule has 9 heteroatoms. The molecule has 3 rings (SSSR count). The Kier molecular flexibility index (Phi) is 5.39. The van der Waals surface area contributed by atoms with Crippen LogP contribution in [0.4, 0.5) is 10.5 Å². The number of aryl methyl sites for hydroxylation is 1. The number of fused-ring (bicyclic) bond motifs is 1. The minimum absolute atomic E-state index is 0.0284. The molecule has 7 nitrogen and oxygen atoms in total. The SMILES string of the molecule is CC(C)S(=O)(=O)c1c(Cl)ccc(NC(=O)N[C@H]2CCCc3occc32)c1O. The van der Waals surface area contributed by atoms with Gasteiger partial charge in [0.1, 0.15) is 10.7 Å². The monoisotopic (exact) mass is 412 g/mol. The highest BCUT2D eigenvalue weighted by atomic mass is 35.5. The molecular formula is C18H21ClN2O5S. The number of amides is 2. The van der Waals surface area contributed by atoms with Crippen molar-refractivity contribution >= 4 is 33.2 Å². The van der Waals surface area contributed by atoms with Gasteiger partial charge in [-0.15, -0.1) is 0 Å². The molecular weight excluding hydrogens is 392 g/mol. The Morgan fingerprint density at radius 2 is 2.07 bits per heavy atom. The van der Waals surface area contributed by atoms with Crippen molar-refractivity contribution in [3.8, 4) is 5.75 Å². The predicted molar refractivity (Wildman–Crippen MR) is 102 cm³/mol. The number of benzene rings is 1. The van der Waals surface area contributed by atoms with Crippen LogP contribution in [0.2, 0.25) is 5.02 Å². The molecule has 0 unspecified atom stereocenters. The number of hydrogen-bond acceptors (Lipinski definition) is 5. The number of nitrogens with one attached hydrogen (secondary N) is 2. The van der Waals surface area contributed by atoms with Crippen LogP contribution in [-0.2, 0) is 16.3 Å². The number of halogens is 1. The number of carbonyl (C=O) groups excluding carboxylic acids is 1. The van der Waals surface area contributed by atoms with Crippen molar-refractivity contribution in [3.05, 3.63) is 40.8 Å². The molecule has 146 valence electrons. The first-order chi connectivity index (χ1) is 12.7. The van der Waals surface area contributed by atoms with E-state index in [4.69, 9.17) is 16.0 Å². The van der Waals surface area contributed by atoms with E-state index >= 15 is 0 Å². The van der Waals surface area contributed by atoms with Gasteiger partial charge >= 0.3 is 6.03 Å². The summed E-state index contributed by atoms with van der Waals surface area (Å²) in [5.41, 5.74) is 0.902. The third kappa shape index (κ3) is 3.77. The van der Waals surface area contributed by atoms with Crippen LogP contribution in [0, 0.1) is 0 Å². The van der Waals surface area contributed by atoms with E-state index in [1.54, 1.807) is 6.26 Å². The Bertz CT molecular complexity index is 968. The molecule has 1 aliphatic carbocycles. The second-order valence-corrected chi connectivity index (χ2v) is 9.56. The number of hydrogen-bond donors (Lipinski definition) is 3. The molecule has 0 radical (unpaired) electrons. The number of sulfone groups is 1. The number of phenols is 1. The lowest BCUT2D eigenvalue weighted by atomic mass is 9.93. The lowest BCUT2D eigenvalue weighted by Crippen LogP contribution is -2.34. The maximum Gasteiger partial charge on any atom is 0.319 e. The molecule has 1 heterocycles. The predicted octanol–water partition coefficient (Wildman–Crippen LogP) is 4.02. The van der Waals surface area contributed by atoms with Crippen LogP contribution in [-0.4, -0.2) is 24.8 Å². The second-order valence-electron chi connectivity index (χ2n) is 6.71. The lowest BCUT2D eigenvalue weighted by Gasteiger charge is -2.23. The van der Waals surface area contributed by atoms with Crippen LogP contribution < -0.4 is 10.6 Å². The van der Waals surface area contributed by atoms with Crippen molar-refractivity contribution in [1.29, 1.82) is 0 Å². The summed E-state index contributed by atoms with van der Waals surface area (Å²) in [5, 5.41) is 14.9. The van der Waals surface area contributed by atoms with Gasteiger partial charge in [0.25, 0.3) is 0 Å². The number of carbonyl (C=O) groups is 1. The van der Waals surface area contributed by atoms with Crippen molar-refractivity contribution in [3.63, 3.8) is 0 Å². The summed E-state index contributed by atoms with van der Waals surface area (Å²) in [7, 11) is -3.82. The van der Waals surface area contributed by atoms with Crippen LogP contribution in [0.25, 0.3) is 0 Å². The first-order valence-corrected chi connectivity index (χ1v) is 10.5. The Morgan fingerprint density at radius 3 is 2.78 bits per heavy atom. The number of anilines is 1. The molecule has 1 aromatic heterocycles. The van der Waals surface area contributed by atoms with Gasteiger partial charge in [-0.3, -0.25) is 0 Å². The highest BCUT2D eigenvalue weighted by Crippen LogP contribution is 2.39. The lowest BCUT2D eigenvalue weighted by molar-refractivity contribution is 0.246. The fraction of sp³-hybridized carbons (Fsp3) is 0.389. The average molecular weight is 413 g/mol. The van der Waals surface area contributed by atoms with Crippen LogP contribution in [0.5, 0.6) is 5.75 Å². The van der Waals surface area contributed by atoms with E-state index in [1.807, 2.05) is 6.07 Å². The smallest absolute Gasteiger partial charge is 0.319 e. The minimum atomic E-state index is -3.82. The highest BCUT2D eigenvalue weighted by Gasteiger charge is 2.29. The fourth-order valence-corrected chi connectivity index (χ4v) is 4.77. The van der Waals surface area contributed by atoms with E-state index in [2.05, 4.69) is 10.6 Å². The van der Waals surface area contributed by atoms with Crippen molar-refractivity contribution < 1.29 is 22.7 Å². The van der Waals surface area contributed by atoms with Crippen molar-refractivity contribution in [2.24, 2.45) is 0 Å². The molecule has 1 aromatic carbocycles. The van der Waals surface area contributed by atoms with E-state index in [0.29, 0.717) is 0 Å².